The number of halogens is 1. The summed E-state index contributed by atoms with van der Waals surface area (Å²) in [6, 6.07) is 17.4. The number of methoxy groups -OCH3 is 1. The van der Waals surface area contributed by atoms with Gasteiger partial charge in [-0.05, 0) is 59.7 Å². The molecular formula is C20H16ClNO5. The Hall–Kier alpha value is -2.48. The molecule has 0 saturated carbocycles. The van der Waals surface area contributed by atoms with Crippen LogP contribution in [0.2, 0.25) is 0 Å². The van der Waals surface area contributed by atoms with Crippen molar-refractivity contribution in [2.45, 2.75) is 12.8 Å². The van der Waals surface area contributed by atoms with E-state index in [-0.39, 0.29) is 0 Å². The van der Waals surface area contributed by atoms with Crippen molar-refractivity contribution in [3.63, 3.8) is 0 Å². The molecule has 6 nitrogen and oxygen atoms in total. The van der Waals surface area contributed by atoms with E-state index in [2.05, 4.69) is 41.4 Å². The zero-order valence-electron chi connectivity index (χ0n) is 14.5. The molecule has 0 spiro atoms. The van der Waals surface area contributed by atoms with Gasteiger partial charge in [0.15, 0.2) is 0 Å². The summed E-state index contributed by atoms with van der Waals surface area (Å²) in [6.07, 6.45) is 2.35. The molecule has 5 rings (SSSR count). The second kappa shape index (κ2) is 6.60. The first kappa shape index (κ1) is 17.9. The number of hydrogen-bond donors (Lipinski definition) is 1. The van der Waals surface area contributed by atoms with Gasteiger partial charge >= 0.3 is 0 Å². The molecule has 1 aliphatic heterocycles. The Kier molecular flexibility index (Phi) is 4.38. The average molecular weight is 386 g/mol. The molecule has 27 heavy (non-hydrogen) atoms. The number of nitrogens with one attached hydrogen (secondary N) is 1. The summed E-state index contributed by atoms with van der Waals surface area (Å²) in [7, 11) is -3.24. The van der Waals surface area contributed by atoms with Crippen LogP contribution in [0.3, 0.4) is 0 Å². The molecular weight excluding hydrogens is 370 g/mol. The minimum atomic E-state index is -4.94. The second-order valence-electron chi connectivity index (χ2n) is 6.40. The molecule has 3 aromatic carbocycles. The first-order chi connectivity index (χ1) is 12.8. The van der Waals surface area contributed by atoms with E-state index in [4.69, 9.17) is 23.4 Å². The minimum absolute atomic E-state index is 0.889. The summed E-state index contributed by atoms with van der Waals surface area (Å²) in [5.41, 5.74) is 7.95. The van der Waals surface area contributed by atoms with Gasteiger partial charge in [-0.1, -0.05) is 12.1 Å². The molecule has 7 heteroatoms. The Morgan fingerprint density at radius 2 is 1.41 bits per heavy atom. The highest BCUT2D eigenvalue weighted by atomic mass is 35.7. The third kappa shape index (κ3) is 3.41. The van der Waals surface area contributed by atoms with Crippen molar-refractivity contribution in [2.75, 3.05) is 7.11 Å². The van der Waals surface area contributed by atoms with Crippen LogP contribution in [0.25, 0.3) is 10.8 Å². The van der Waals surface area contributed by atoms with Crippen LogP contribution in [0, 0.1) is 10.2 Å². The fourth-order valence-corrected chi connectivity index (χ4v) is 3.83. The molecule has 0 unspecified atom stereocenters. The predicted molar refractivity (Wildman–Crippen MR) is 88.2 cm³/mol. The Morgan fingerprint density at radius 3 is 2.00 bits per heavy atom. The second-order valence-corrected chi connectivity index (χ2v) is 7.16. The van der Waals surface area contributed by atoms with Crippen LogP contribution in [0.4, 0.5) is 5.69 Å². The molecule has 2 aliphatic rings. The molecule has 0 radical (unpaired) electrons. The monoisotopic (exact) mass is 385 g/mol. The van der Waals surface area contributed by atoms with E-state index in [0.717, 1.165) is 5.75 Å². The van der Waals surface area contributed by atoms with Gasteiger partial charge in [-0.2, -0.15) is 0 Å². The summed E-state index contributed by atoms with van der Waals surface area (Å²) >= 11 is 0. The van der Waals surface area contributed by atoms with E-state index in [9.17, 15) is 0 Å². The van der Waals surface area contributed by atoms with Crippen LogP contribution in [0.5, 0.6) is 5.75 Å². The van der Waals surface area contributed by atoms with E-state index in [1.54, 1.807) is 7.11 Å². The SMILES string of the molecule is COc1ccc(C2=[NH+]c3ccc4c5c(ccc2c35)CC4)cc1.[O-][Cl+3]([O-])([O-])[O-]. The summed E-state index contributed by atoms with van der Waals surface area (Å²) in [4.78, 5) is 3.62. The molecule has 0 saturated heterocycles. The fraction of sp³-hybridized carbons (Fsp3) is 0.150. The van der Waals surface area contributed by atoms with Gasteiger partial charge in [-0.3, -0.25) is 0 Å². The standard InChI is InChI=1S/C20H15NO.ClHO4/c1-22-15-8-4-14(5-9-15)20-16-10-6-12-2-3-13-7-11-17(21-20)19(16)18(12)13;2-1(3,4)5/h4-11H,2-3H2,1H3;(H,2,3,4,5). The summed E-state index contributed by atoms with van der Waals surface area (Å²) in [5, 5.41) is 2.88. The van der Waals surface area contributed by atoms with E-state index in [1.165, 1.54) is 57.3 Å². The quantitative estimate of drug-likeness (QED) is 0.418. The van der Waals surface area contributed by atoms with Crippen molar-refractivity contribution in [2.24, 2.45) is 0 Å². The molecule has 0 bridgehead atoms. The lowest BCUT2D eigenvalue weighted by Gasteiger charge is -2.17. The zero-order chi connectivity index (χ0) is 19.2. The van der Waals surface area contributed by atoms with E-state index in [1.807, 2.05) is 12.1 Å². The highest BCUT2D eigenvalue weighted by Gasteiger charge is 2.30. The van der Waals surface area contributed by atoms with Crippen LogP contribution >= 0.6 is 0 Å². The summed E-state index contributed by atoms with van der Waals surface area (Å²) in [5.74, 6) is 0.889. The van der Waals surface area contributed by atoms with Gasteiger partial charge in [0, 0.05) is 11.6 Å². The van der Waals surface area contributed by atoms with Crippen molar-refractivity contribution in [1.29, 1.82) is 0 Å². The van der Waals surface area contributed by atoms with Crippen LogP contribution in [0.15, 0.2) is 48.5 Å². The minimum Gasteiger partial charge on any atom is -0.497 e. The van der Waals surface area contributed by atoms with Gasteiger partial charge in [0.2, 0.25) is 11.4 Å². The summed E-state index contributed by atoms with van der Waals surface area (Å²) < 4.78 is 39.2. The number of ether oxygens (including phenoxy) is 1. The van der Waals surface area contributed by atoms with Crippen molar-refractivity contribution >= 4 is 22.2 Å². The molecule has 1 aliphatic carbocycles. The van der Waals surface area contributed by atoms with Gasteiger partial charge < -0.3 is 4.74 Å². The number of rotatable bonds is 2. The number of benzene rings is 3. The Labute approximate surface area is 157 Å². The van der Waals surface area contributed by atoms with Gasteiger partial charge in [0.05, 0.1) is 18.1 Å². The molecule has 0 aromatic heterocycles. The summed E-state index contributed by atoms with van der Waals surface area (Å²) in [6.45, 7) is 0. The maximum absolute atomic E-state index is 8.49. The highest BCUT2D eigenvalue weighted by Crippen LogP contribution is 2.37. The molecule has 3 aromatic rings. The molecule has 0 fully saturated rings. The van der Waals surface area contributed by atoms with Gasteiger partial charge in [0.1, 0.15) is 5.75 Å². The Morgan fingerprint density at radius 1 is 0.815 bits per heavy atom. The molecule has 0 amide bonds. The van der Waals surface area contributed by atoms with E-state index >= 15 is 0 Å². The smallest absolute Gasteiger partial charge is 0.219 e. The third-order valence-electron chi connectivity index (χ3n) is 4.90. The normalized spacial score (nSPS) is 14.0. The lowest BCUT2D eigenvalue weighted by molar-refractivity contribution is -2.00. The Balaban J connectivity index is 0.000000323. The van der Waals surface area contributed by atoms with Crippen molar-refractivity contribution in [1.82, 2.24) is 0 Å². The van der Waals surface area contributed by atoms with Gasteiger partial charge in [0.25, 0.3) is 0 Å². The molecule has 1 heterocycles. The zero-order valence-corrected chi connectivity index (χ0v) is 15.2. The van der Waals surface area contributed by atoms with Crippen molar-refractivity contribution in [3.05, 3.63) is 70.8 Å². The molecule has 1 N–H and O–H groups in total. The predicted octanol–water partition coefficient (Wildman–Crippen LogP) is -2.25. The van der Waals surface area contributed by atoms with E-state index in [0.29, 0.717) is 0 Å². The molecule has 138 valence electrons. The maximum atomic E-state index is 8.49. The van der Waals surface area contributed by atoms with Gasteiger partial charge in [-0.25, -0.2) is 23.6 Å². The fourth-order valence-electron chi connectivity index (χ4n) is 3.83. The lowest BCUT2D eigenvalue weighted by Crippen LogP contribution is -2.68. The number of aryl methyl sites for hydroxylation is 2. The molecule has 0 atom stereocenters. The maximum Gasteiger partial charge on any atom is 0.219 e. The van der Waals surface area contributed by atoms with Crippen LogP contribution in [-0.4, -0.2) is 12.8 Å². The Bertz CT molecular complexity index is 1040. The first-order valence-corrected chi connectivity index (χ1v) is 9.56. The van der Waals surface area contributed by atoms with Crippen molar-refractivity contribution in [3.8, 4) is 5.75 Å². The van der Waals surface area contributed by atoms with Crippen LogP contribution < -0.4 is 28.4 Å². The lowest BCUT2D eigenvalue weighted by atomic mass is 9.95. The largest absolute Gasteiger partial charge is 0.497 e. The van der Waals surface area contributed by atoms with E-state index < -0.39 is 10.2 Å². The third-order valence-corrected chi connectivity index (χ3v) is 4.90. The van der Waals surface area contributed by atoms with Gasteiger partial charge in [-0.15, -0.1) is 10.2 Å². The first-order valence-electron chi connectivity index (χ1n) is 8.33. The van der Waals surface area contributed by atoms with Crippen LogP contribution in [0.1, 0.15) is 22.3 Å². The van der Waals surface area contributed by atoms with Crippen LogP contribution in [-0.2, 0) is 12.8 Å². The van der Waals surface area contributed by atoms with Crippen molar-refractivity contribution < 1.29 is 38.6 Å². The average Bonchev–Trinajstić information content (AvgIpc) is 3.20. The number of hydrogen-bond acceptors (Lipinski definition) is 5. The highest BCUT2D eigenvalue weighted by molar-refractivity contribution is 6.22. The topological polar surface area (TPSA) is 115 Å².